The molecule has 1 aliphatic heterocycles. The lowest BCUT2D eigenvalue weighted by molar-refractivity contribution is 0.126. The fraction of sp³-hybridized carbons (Fsp3) is 0.286. The van der Waals surface area contributed by atoms with E-state index in [1.165, 1.54) is 13.2 Å². The molecule has 1 aliphatic rings. The molecule has 1 aromatic carbocycles. The zero-order chi connectivity index (χ0) is 22.0. The maximum absolute atomic E-state index is 13.1. The Labute approximate surface area is 177 Å². The standard InChI is InChI=1S/C21H20FN5O4/c1-12-18(19-25-15(8-22)7-17(26-19)30-2)31-21(29)27(12)20(28)24-11-14-10-23-9-13-5-3-4-6-16(13)14/h3-7,9-10,12,18H,8,11H2,1-2H3,(H,24,28)/t12-,18+/m0/s1. The van der Waals surface area contributed by atoms with Crippen molar-refractivity contribution in [1.29, 1.82) is 0 Å². The van der Waals surface area contributed by atoms with Crippen LogP contribution in [0.2, 0.25) is 0 Å². The lowest BCUT2D eigenvalue weighted by Gasteiger charge is -2.19. The highest BCUT2D eigenvalue weighted by Gasteiger charge is 2.45. The summed E-state index contributed by atoms with van der Waals surface area (Å²) in [4.78, 5) is 38.5. The smallest absolute Gasteiger partial charge is 0.419 e. The molecule has 4 rings (SSSR count). The number of rotatable bonds is 5. The minimum Gasteiger partial charge on any atom is -0.481 e. The minimum atomic E-state index is -0.946. The van der Waals surface area contributed by atoms with E-state index in [0.717, 1.165) is 21.2 Å². The second-order valence-electron chi connectivity index (χ2n) is 6.99. The van der Waals surface area contributed by atoms with Crippen LogP contribution in [0.3, 0.4) is 0 Å². The number of fused-ring (bicyclic) bond motifs is 1. The Hall–Kier alpha value is -3.82. The number of benzene rings is 1. The number of methoxy groups -OCH3 is 1. The first-order valence-electron chi connectivity index (χ1n) is 9.59. The molecule has 3 aromatic rings. The Kier molecular flexibility index (Phi) is 5.61. The molecule has 2 aromatic heterocycles. The van der Waals surface area contributed by atoms with Gasteiger partial charge in [0, 0.05) is 30.4 Å². The van der Waals surface area contributed by atoms with Crippen LogP contribution in [-0.4, -0.2) is 45.1 Å². The molecule has 2 atom stereocenters. The summed E-state index contributed by atoms with van der Waals surface area (Å²) in [6.45, 7) is 0.979. The minimum absolute atomic E-state index is 0.0707. The molecule has 160 valence electrons. The van der Waals surface area contributed by atoms with E-state index in [4.69, 9.17) is 9.47 Å². The van der Waals surface area contributed by atoms with Crippen LogP contribution in [0.15, 0.2) is 42.7 Å². The van der Waals surface area contributed by atoms with Crippen LogP contribution in [-0.2, 0) is 18.0 Å². The normalized spacial score (nSPS) is 18.2. The van der Waals surface area contributed by atoms with E-state index in [2.05, 4.69) is 20.3 Å². The molecule has 0 aliphatic carbocycles. The summed E-state index contributed by atoms with van der Waals surface area (Å²) in [5.74, 6) is 0.216. The summed E-state index contributed by atoms with van der Waals surface area (Å²) < 4.78 is 23.5. The number of amides is 3. The van der Waals surface area contributed by atoms with Crippen molar-refractivity contribution < 1.29 is 23.5 Å². The molecule has 3 heterocycles. The predicted molar refractivity (Wildman–Crippen MR) is 108 cm³/mol. The van der Waals surface area contributed by atoms with E-state index in [1.807, 2.05) is 24.3 Å². The van der Waals surface area contributed by atoms with Crippen LogP contribution in [0.25, 0.3) is 10.8 Å². The largest absolute Gasteiger partial charge is 0.481 e. The van der Waals surface area contributed by atoms with Crippen molar-refractivity contribution in [1.82, 2.24) is 25.2 Å². The number of imide groups is 1. The van der Waals surface area contributed by atoms with Gasteiger partial charge in [-0.2, -0.15) is 4.98 Å². The molecule has 0 unspecified atom stereocenters. The molecular formula is C21H20FN5O4. The van der Waals surface area contributed by atoms with Gasteiger partial charge in [-0.15, -0.1) is 0 Å². The van der Waals surface area contributed by atoms with Crippen LogP contribution in [0.4, 0.5) is 14.0 Å². The third-order valence-corrected chi connectivity index (χ3v) is 5.04. The number of nitrogens with zero attached hydrogens (tertiary/aromatic N) is 4. The Balaban J connectivity index is 1.51. The van der Waals surface area contributed by atoms with Crippen LogP contribution < -0.4 is 10.1 Å². The summed E-state index contributed by atoms with van der Waals surface area (Å²) in [6, 6.07) is 7.69. The topological polar surface area (TPSA) is 107 Å². The molecule has 1 saturated heterocycles. The fourth-order valence-electron chi connectivity index (χ4n) is 3.47. The Bertz CT molecular complexity index is 1110. The monoisotopic (exact) mass is 425 g/mol. The van der Waals surface area contributed by atoms with Crippen LogP contribution in [0, 0.1) is 0 Å². The third-order valence-electron chi connectivity index (χ3n) is 5.04. The van der Waals surface area contributed by atoms with Gasteiger partial charge in [0.15, 0.2) is 11.9 Å². The first-order valence-corrected chi connectivity index (χ1v) is 9.59. The zero-order valence-electron chi connectivity index (χ0n) is 16.9. The molecule has 0 saturated carbocycles. The number of ether oxygens (including phenoxy) is 2. The number of halogens is 1. The average molecular weight is 425 g/mol. The SMILES string of the molecule is COc1cc(CF)nc([C@@H]2OC(=O)N(C(=O)NCc3cncc4ccccc34)[C@H]2C)n1. The lowest BCUT2D eigenvalue weighted by atomic mass is 10.1. The van der Waals surface area contributed by atoms with Crippen LogP contribution >= 0.6 is 0 Å². The molecule has 10 heteroatoms. The number of pyridine rings is 1. The fourth-order valence-corrected chi connectivity index (χ4v) is 3.47. The number of carbonyl (C=O) groups excluding carboxylic acids is 2. The zero-order valence-corrected chi connectivity index (χ0v) is 16.9. The van der Waals surface area contributed by atoms with Gasteiger partial charge in [-0.1, -0.05) is 24.3 Å². The second kappa shape index (κ2) is 8.50. The van der Waals surface area contributed by atoms with Gasteiger partial charge in [-0.3, -0.25) is 4.98 Å². The number of aromatic nitrogens is 3. The van der Waals surface area contributed by atoms with Crippen molar-refractivity contribution in [2.75, 3.05) is 7.11 Å². The van der Waals surface area contributed by atoms with Crippen molar-refractivity contribution >= 4 is 22.9 Å². The van der Waals surface area contributed by atoms with E-state index in [1.54, 1.807) is 19.3 Å². The Morgan fingerprint density at radius 1 is 1.29 bits per heavy atom. The summed E-state index contributed by atoms with van der Waals surface area (Å²) in [7, 11) is 1.39. The molecule has 0 bridgehead atoms. The third kappa shape index (κ3) is 3.96. The number of cyclic esters (lactones) is 1. The van der Waals surface area contributed by atoms with Gasteiger partial charge in [-0.05, 0) is 17.9 Å². The highest BCUT2D eigenvalue weighted by atomic mass is 19.1. The first-order chi connectivity index (χ1) is 15.0. The number of nitrogens with one attached hydrogen (secondary N) is 1. The summed E-state index contributed by atoms with van der Waals surface area (Å²) >= 11 is 0. The van der Waals surface area contributed by atoms with Crippen molar-refractivity contribution in [2.45, 2.75) is 32.3 Å². The van der Waals surface area contributed by atoms with E-state index >= 15 is 0 Å². The van der Waals surface area contributed by atoms with Gasteiger partial charge in [-0.25, -0.2) is 23.9 Å². The quantitative estimate of drug-likeness (QED) is 0.668. The summed E-state index contributed by atoms with van der Waals surface area (Å²) in [6.07, 6.45) is 1.63. The average Bonchev–Trinajstić information content (AvgIpc) is 3.10. The molecule has 31 heavy (non-hydrogen) atoms. The summed E-state index contributed by atoms with van der Waals surface area (Å²) in [5.41, 5.74) is 0.906. The molecule has 1 N–H and O–H groups in total. The highest BCUT2D eigenvalue weighted by Crippen LogP contribution is 2.31. The van der Waals surface area contributed by atoms with E-state index in [-0.39, 0.29) is 23.9 Å². The van der Waals surface area contributed by atoms with Gasteiger partial charge < -0.3 is 14.8 Å². The van der Waals surface area contributed by atoms with E-state index < -0.39 is 30.9 Å². The molecule has 3 amide bonds. The second-order valence-corrected chi connectivity index (χ2v) is 6.99. The molecule has 9 nitrogen and oxygen atoms in total. The maximum atomic E-state index is 13.1. The van der Waals surface area contributed by atoms with Gasteiger partial charge in [0.1, 0.15) is 6.67 Å². The van der Waals surface area contributed by atoms with Gasteiger partial charge in [0.2, 0.25) is 5.88 Å². The molecular weight excluding hydrogens is 405 g/mol. The number of alkyl halides is 1. The Morgan fingerprint density at radius 3 is 2.87 bits per heavy atom. The van der Waals surface area contributed by atoms with Crippen LogP contribution in [0.1, 0.15) is 30.1 Å². The van der Waals surface area contributed by atoms with Crippen molar-refractivity contribution in [3.05, 3.63) is 59.8 Å². The van der Waals surface area contributed by atoms with Gasteiger partial charge >= 0.3 is 12.1 Å². The first kappa shape index (κ1) is 20.5. The van der Waals surface area contributed by atoms with Crippen molar-refractivity contribution in [2.24, 2.45) is 0 Å². The molecule has 0 radical (unpaired) electrons. The highest BCUT2D eigenvalue weighted by molar-refractivity contribution is 5.93. The van der Waals surface area contributed by atoms with Crippen molar-refractivity contribution in [3.63, 3.8) is 0 Å². The lowest BCUT2D eigenvalue weighted by Crippen LogP contribution is -2.44. The molecule has 0 spiro atoms. The van der Waals surface area contributed by atoms with E-state index in [0.29, 0.717) is 0 Å². The number of hydrogen-bond acceptors (Lipinski definition) is 7. The Morgan fingerprint density at radius 2 is 2.10 bits per heavy atom. The van der Waals surface area contributed by atoms with Gasteiger partial charge in [0.25, 0.3) is 0 Å². The molecule has 1 fully saturated rings. The number of urea groups is 1. The maximum Gasteiger partial charge on any atom is 0.419 e. The van der Waals surface area contributed by atoms with Gasteiger partial charge in [0.05, 0.1) is 18.8 Å². The summed E-state index contributed by atoms with van der Waals surface area (Å²) in [5, 5.41) is 4.63. The number of hydrogen-bond donors (Lipinski definition) is 1. The van der Waals surface area contributed by atoms with E-state index in [9.17, 15) is 14.0 Å². The van der Waals surface area contributed by atoms with Crippen LogP contribution in [0.5, 0.6) is 5.88 Å². The number of carbonyl (C=O) groups is 2. The predicted octanol–water partition coefficient (Wildman–Crippen LogP) is 3.29. The van der Waals surface area contributed by atoms with Crippen molar-refractivity contribution in [3.8, 4) is 5.88 Å².